The number of rotatable bonds is 25. The minimum atomic E-state index is -0.631. The Labute approximate surface area is 218 Å². The highest BCUT2D eigenvalue weighted by atomic mass is 16.6. The van der Waals surface area contributed by atoms with Crippen LogP contribution in [-0.2, 0) is 37.9 Å². The fourth-order valence-corrected chi connectivity index (χ4v) is 2.72. The molecule has 0 aliphatic heterocycles. The van der Waals surface area contributed by atoms with Crippen LogP contribution in [0.15, 0.2) is 0 Å². The van der Waals surface area contributed by atoms with Crippen LogP contribution in [-0.4, -0.2) is 125 Å². The van der Waals surface area contributed by atoms with E-state index in [-0.39, 0.29) is 62.5 Å². The highest BCUT2D eigenvalue weighted by Crippen LogP contribution is 2.05. The van der Waals surface area contributed by atoms with Crippen molar-refractivity contribution in [3.8, 4) is 0 Å². The summed E-state index contributed by atoms with van der Waals surface area (Å²) in [5, 5.41) is 18.7. The van der Waals surface area contributed by atoms with Gasteiger partial charge in [0.05, 0.1) is 102 Å². The monoisotopic (exact) mass is 526 g/mol. The lowest BCUT2D eigenvalue weighted by Gasteiger charge is -2.23. The molecule has 10 heteroatoms. The average Bonchev–Trinajstić information content (AvgIpc) is 2.87. The molecule has 0 spiro atoms. The molecule has 0 radical (unpaired) electrons. The Balaban J connectivity index is 3.83. The van der Waals surface area contributed by atoms with Crippen LogP contribution >= 0.6 is 0 Å². The standard InChI is InChI=1S/C26H54O10/c1-9-29-17-26(28)18-36-25(8)16-35-24(7)15-34-23(6)14-33-22(5)13-32-21(4)12-31-20(3)11-30-19(2)10-27/h19-28H,9-18H2,1-8H3. The van der Waals surface area contributed by atoms with Gasteiger partial charge >= 0.3 is 0 Å². The summed E-state index contributed by atoms with van der Waals surface area (Å²) in [6, 6.07) is 0. The fraction of sp³-hybridized carbons (Fsp3) is 1.00. The molecule has 0 saturated carbocycles. The van der Waals surface area contributed by atoms with Gasteiger partial charge in [0.1, 0.15) is 6.10 Å². The van der Waals surface area contributed by atoms with Gasteiger partial charge in [-0.2, -0.15) is 0 Å². The van der Waals surface area contributed by atoms with Crippen LogP contribution in [0.25, 0.3) is 0 Å². The van der Waals surface area contributed by atoms with E-state index >= 15 is 0 Å². The zero-order valence-corrected chi connectivity index (χ0v) is 23.9. The van der Waals surface area contributed by atoms with E-state index in [1.165, 1.54) is 0 Å². The number of hydrogen-bond donors (Lipinski definition) is 2. The number of hydrogen-bond acceptors (Lipinski definition) is 10. The quantitative estimate of drug-likeness (QED) is 0.183. The molecule has 0 aromatic heterocycles. The van der Waals surface area contributed by atoms with Gasteiger partial charge < -0.3 is 48.1 Å². The van der Waals surface area contributed by atoms with Gasteiger partial charge in [-0.15, -0.1) is 0 Å². The zero-order chi connectivity index (χ0) is 27.3. The molecule has 8 atom stereocenters. The van der Waals surface area contributed by atoms with Gasteiger partial charge in [-0.1, -0.05) is 0 Å². The first kappa shape index (κ1) is 35.6. The lowest BCUT2D eigenvalue weighted by molar-refractivity contribution is -0.109. The van der Waals surface area contributed by atoms with E-state index in [0.717, 1.165) is 0 Å². The Morgan fingerprint density at radius 1 is 0.444 bits per heavy atom. The van der Waals surface area contributed by atoms with Crippen LogP contribution in [0.2, 0.25) is 0 Å². The summed E-state index contributed by atoms with van der Waals surface area (Å²) in [7, 11) is 0. The molecule has 0 heterocycles. The van der Waals surface area contributed by atoms with E-state index < -0.39 is 6.10 Å². The number of aliphatic hydroxyl groups excluding tert-OH is 2. The lowest BCUT2D eigenvalue weighted by Crippen LogP contribution is -2.30. The smallest absolute Gasteiger partial charge is 0.101 e. The topological polar surface area (TPSA) is 114 Å². The highest BCUT2D eigenvalue weighted by molar-refractivity contribution is 4.60. The van der Waals surface area contributed by atoms with Crippen molar-refractivity contribution in [2.75, 3.05) is 66.1 Å². The largest absolute Gasteiger partial charge is 0.394 e. The molecule has 0 aromatic rings. The summed E-state index contributed by atoms with van der Waals surface area (Å²) >= 11 is 0. The molecule has 0 bridgehead atoms. The molecule has 0 rings (SSSR count). The molecule has 0 fully saturated rings. The summed E-state index contributed by atoms with van der Waals surface area (Å²) in [4.78, 5) is 0. The van der Waals surface area contributed by atoms with E-state index in [0.29, 0.717) is 46.2 Å². The van der Waals surface area contributed by atoms with Gasteiger partial charge in [-0.25, -0.2) is 0 Å². The molecule has 10 nitrogen and oxygen atoms in total. The van der Waals surface area contributed by atoms with Crippen LogP contribution in [0.1, 0.15) is 55.4 Å². The Kier molecular flexibility index (Phi) is 22.3. The second-order valence-electron chi connectivity index (χ2n) is 9.50. The Morgan fingerprint density at radius 3 is 1.00 bits per heavy atom. The van der Waals surface area contributed by atoms with Crippen molar-refractivity contribution in [2.45, 2.75) is 104 Å². The Bertz CT molecular complexity index is 484. The molecular formula is C26H54O10. The molecule has 2 N–H and O–H groups in total. The molecule has 36 heavy (non-hydrogen) atoms. The van der Waals surface area contributed by atoms with Gasteiger partial charge in [0.2, 0.25) is 0 Å². The van der Waals surface area contributed by atoms with E-state index in [1.807, 2.05) is 55.4 Å². The first-order valence-electron chi connectivity index (χ1n) is 13.2. The third-order valence-corrected chi connectivity index (χ3v) is 5.04. The van der Waals surface area contributed by atoms with Crippen LogP contribution in [0.5, 0.6) is 0 Å². The van der Waals surface area contributed by atoms with E-state index in [1.54, 1.807) is 0 Å². The predicted molar refractivity (Wildman–Crippen MR) is 137 cm³/mol. The minimum Gasteiger partial charge on any atom is -0.394 e. The van der Waals surface area contributed by atoms with Crippen molar-refractivity contribution in [3.05, 3.63) is 0 Å². The summed E-state index contributed by atoms with van der Waals surface area (Å²) in [5.74, 6) is 0. The van der Waals surface area contributed by atoms with Crippen molar-refractivity contribution in [1.82, 2.24) is 0 Å². The average molecular weight is 527 g/mol. The third kappa shape index (κ3) is 21.7. The second kappa shape index (κ2) is 22.6. The normalized spacial score (nSPS) is 18.8. The second-order valence-corrected chi connectivity index (χ2v) is 9.50. The van der Waals surface area contributed by atoms with Crippen LogP contribution in [0.4, 0.5) is 0 Å². The van der Waals surface area contributed by atoms with Crippen LogP contribution < -0.4 is 0 Å². The van der Waals surface area contributed by atoms with Gasteiger partial charge in [0.15, 0.2) is 0 Å². The summed E-state index contributed by atoms with van der Waals surface area (Å²) < 4.78 is 45.2. The van der Waals surface area contributed by atoms with Crippen LogP contribution in [0.3, 0.4) is 0 Å². The van der Waals surface area contributed by atoms with Crippen molar-refractivity contribution in [2.24, 2.45) is 0 Å². The third-order valence-electron chi connectivity index (χ3n) is 5.04. The Morgan fingerprint density at radius 2 is 0.722 bits per heavy atom. The predicted octanol–water partition coefficient (Wildman–Crippen LogP) is 2.21. The highest BCUT2D eigenvalue weighted by Gasteiger charge is 2.14. The van der Waals surface area contributed by atoms with Crippen molar-refractivity contribution < 1.29 is 48.1 Å². The number of aliphatic hydroxyl groups is 2. The van der Waals surface area contributed by atoms with Gasteiger partial charge in [-0.05, 0) is 55.4 Å². The summed E-state index contributed by atoms with van der Waals surface area (Å²) in [6.45, 7) is 19.1. The van der Waals surface area contributed by atoms with Gasteiger partial charge in [0, 0.05) is 6.61 Å². The maximum Gasteiger partial charge on any atom is 0.101 e. The Hall–Kier alpha value is -0.400. The molecule has 218 valence electrons. The van der Waals surface area contributed by atoms with Gasteiger partial charge in [0.25, 0.3) is 0 Å². The first-order chi connectivity index (χ1) is 17.1. The zero-order valence-electron chi connectivity index (χ0n) is 23.9. The van der Waals surface area contributed by atoms with E-state index in [2.05, 4.69) is 0 Å². The molecule has 0 saturated heterocycles. The summed E-state index contributed by atoms with van der Waals surface area (Å²) in [5.41, 5.74) is 0. The van der Waals surface area contributed by atoms with E-state index in [9.17, 15) is 5.11 Å². The van der Waals surface area contributed by atoms with Crippen molar-refractivity contribution in [3.63, 3.8) is 0 Å². The fourth-order valence-electron chi connectivity index (χ4n) is 2.72. The lowest BCUT2D eigenvalue weighted by atomic mass is 10.3. The van der Waals surface area contributed by atoms with Crippen LogP contribution in [0, 0.1) is 0 Å². The van der Waals surface area contributed by atoms with Crippen molar-refractivity contribution >= 4 is 0 Å². The maximum absolute atomic E-state index is 9.74. The maximum atomic E-state index is 9.74. The molecule has 0 aliphatic carbocycles. The van der Waals surface area contributed by atoms with Crippen molar-refractivity contribution in [1.29, 1.82) is 0 Å². The molecular weight excluding hydrogens is 472 g/mol. The van der Waals surface area contributed by atoms with Gasteiger partial charge in [-0.3, -0.25) is 0 Å². The summed E-state index contributed by atoms with van der Waals surface area (Å²) in [6.07, 6.45) is -1.34. The molecule has 8 unspecified atom stereocenters. The molecule has 0 amide bonds. The SMILES string of the molecule is CCOCC(O)COC(C)COC(C)COC(C)COC(C)COC(C)COC(C)COC(C)CO. The number of ether oxygens (including phenoxy) is 8. The molecule has 0 aromatic carbocycles. The van der Waals surface area contributed by atoms with E-state index in [4.69, 9.17) is 43.0 Å². The first-order valence-corrected chi connectivity index (χ1v) is 13.2. The minimum absolute atomic E-state index is 0.00217. The molecule has 0 aliphatic rings.